The van der Waals surface area contributed by atoms with Crippen molar-refractivity contribution in [2.45, 2.75) is 9.79 Å². The van der Waals surface area contributed by atoms with E-state index in [1.165, 1.54) is 36.4 Å². The van der Waals surface area contributed by atoms with E-state index in [9.17, 15) is 22.9 Å². The van der Waals surface area contributed by atoms with Crippen LogP contribution in [0, 0.1) is 15.9 Å². The Labute approximate surface area is 169 Å². The molecule has 0 radical (unpaired) electrons. The van der Waals surface area contributed by atoms with Crippen molar-refractivity contribution in [1.29, 1.82) is 0 Å². The second-order valence-corrected chi connectivity index (χ2v) is 8.07. The maximum atomic E-state index is 14.0. The van der Waals surface area contributed by atoms with Gasteiger partial charge >= 0.3 is 0 Å². The Morgan fingerprint density at radius 2 is 1.53 bits per heavy atom. The maximum Gasteiger partial charge on any atom is 0.269 e. The molecule has 0 fully saturated rings. The van der Waals surface area contributed by atoms with E-state index in [0.717, 1.165) is 24.3 Å². The molecule has 0 saturated carbocycles. The number of nitro benzene ring substituents is 1. The normalized spacial score (nSPS) is 11.4. The average Bonchev–Trinajstić information content (AvgIpc) is 3.24. The van der Waals surface area contributed by atoms with Gasteiger partial charge in [0, 0.05) is 12.1 Å². The third-order valence-corrected chi connectivity index (χ3v) is 6.13. The summed E-state index contributed by atoms with van der Waals surface area (Å²) in [6, 6.07) is 16.3. The predicted molar refractivity (Wildman–Crippen MR) is 104 cm³/mol. The van der Waals surface area contributed by atoms with E-state index in [1.807, 2.05) is 0 Å². The summed E-state index contributed by atoms with van der Waals surface area (Å²) in [5.41, 5.74) is 0.0165. The van der Waals surface area contributed by atoms with Gasteiger partial charge in [-0.1, -0.05) is 29.4 Å². The predicted octanol–water partition coefficient (Wildman–Crippen LogP) is 4.28. The molecule has 0 spiro atoms. The number of benzene rings is 3. The Balaban J connectivity index is 1.78. The van der Waals surface area contributed by atoms with Crippen LogP contribution < -0.4 is 0 Å². The van der Waals surface area contributed by atoms with Gasteiger partial charge in [-0.2, -0.15) is 4.98 Å². The first-order chi connectivity index (χ1) is 14.4. The van der Waals surface area contributed by atoms with Crippen molar-refractivity contribution in [2.24, 2.45) is 0 Å². The van der Waals surface area contributed by atoms with Crippen LogP contribution in [0.15, 0.2) is 87.1 Å². The van der Waals surface area contributed by atoms with E-state index < -0.39 is 20.6 Å². The Bertz CT molecular complexity index is 1350. The fourth-order valence-corrected chi connectivity index (χ4v) is 4.29. The van der Waals surface area contributed by atoms with E-state index in [0.29, 0.717) is 0 Å². The summed E-state index contributed by atoms with van der Waals surface area (Å²) in [5.74, 6) is -0.670. The topological polar surface area (TPSA) is 116 Å². The number of hydrogen-bond acceptors (Lipinski definition) is 7. The highest BCUT2D eigenvalue weighted by Crippen LogP contribution is 2.32. The molecule has 3 aromatic carbocycles. The summed E-state index contributed by atoms with van der Waals surface area (Å²) < 4.78 is 45.4. The molecular weight excluding hydrogens is 413 g/mol. The summed E-state index contributed by atoms with van der Waals surface area (Å²) in [4.78, 5) is 14.1. The molecule has 8 nitrogen and oxygen atoms in total. The lowest BCUT2D eigenvalue weighted by Crippen LogP contribution is -2.04. The lowest BCUT2D eigenvalue weighted by Gasteiger charge is -2.08. The highest BCUT2D eigenvalue weighted by Gasteiger charge is 2.25. The van der Waals surface area contributed by atoms with Crippen LogP contribution in [0.3, 0.4) is 0 Å². The van der Waals surface area contributed by atoms with Gasteiger partial charge in [0.2, 0.25) is 15.7 Å². The van der Waals surface area contributed by atoms with Crippen LogP contribution in [0.5, 0.6) is 0 Å². The minimum absolute atomic E-state index is 0.0226. The van der Waals surface area contributed by atoms with Gasteiger partial charge in [0.1, 0.15) is 5.82 Å². The molecule has 0 saturated heterocycles. The quantitative estimate of drug-likeness (QED) is 0.346. The standard InChI is InChI=1S/C20H12FN3O5S/c21-17-7-3-1-5-15(17)19-22-20(29-23-19)16-6-2-4-8-18(16)30(27,28)14-11-9-13(10-12-14)24(25)26/h1-12H. The van der Waals surface area contributed by atoms with E-state index in [-0.39, 0.29) is 38.3 Å². The minimum atomic E-state index is -4.05. The zero-order valence-electron chi connectivity index (χ0n) is 15.1. The van der Waals surface area contributed by atoms with Gasteiger partial charge in [-0.05, 0) is 36.4 Å². The molecule has 0 aliphatic carbocycles. The second-order valence-electron chi connectivity index (χ2n) is 6.15. The molecule has 0 atom stereocenters. The Hall–Kier alpha value is -3.92. The number of aromatic nitrogens is 2. The van der Waals surface area contributed by atoms with E-state index in [1.54, 1.807) is 12.1 Å². The molecule has 4 rings (SSSR count). The summed E-state index contributed by atoms with van der Waals surface area (Å²) in [6.07, 6.45) is 0. The average molecular weight is 425 g/mol. The van der Waals surface area contributed by atoms with Gasteiger partial charge in [-0.15, -0.1) is 0 Å². The first-order valence-electron chi connectivity index (χ1n) is 8.55. The molecule has 0 aliphatic rings. The third kappa shape index (κ3) is 3.44. The van der Waals surface area contributed by atoms with Crippen LogP contribution in [0.25, 0.3) is 22.8 Å². The number of sulfone groups is 1. The highest BCUT2D eigenvalue weighted by atomic mass is 32.2. The molecule has 0 bridgehead atoms. The van der Waals surface area contributed by atoms with Crippen molar-refractivity contribution in [3.63, 3.8) is 0 Å². The first kappa shape index (κ1) is 19.4. The lowest BCUT2D eigenvalue weighted by atomic mass is 10.2. The molecule has 1 aromatic heterocycles. The summed E-state index contributed by atoms with van der Waals surface area (Å²) in [6.45, 7) is 0. The molecule has 150 valence electrons. The Morgan fingerprint density at radius 3 is 2.20 bits per heavy atom. The zero-order valence-corrected chi connectivity index (χ0v) is 15.9. The maximum absolute atomic E-state index is 14.0. The molecule has 30 heavy (non-hydrogen) atoms. The van der Waals surface area contributed by atoms with Gasteiger partial charge < -0.3 is 4.52 Å². The zero-order chi connectivity index (χ0) is 21.3. The SMILES string of the molecule is O=[N+]([O-])c1ccc(S(=O)(=O)c2ccccc2-c2nc(-c3ccccc3F)no2)cc1. The van der Waals surface area contributed by atoms with Crippen LogP contribution >= 0.6 is 0 Å². The molecule has 1 heterocycles. The molecule has 0 amide bonds. The van der Waals surface area contributed by atoms with Gasteiger partial charge in [-0.25, -0.2) is 12.8 Å². The molecule has 0 aliphatic heterocycles. The third-order valence-electron chi connectivity index (χ3n) is 4.31. The number of nitrogens with zero attached hydrogens (tertiary/aromatic N) is 3. The van der Waals surface area contributed by atoms with E-state index in [4.69, 9.17) is 4.52 Å². The molecule has 10 heteroatoms. The van der Waals surface area contributed by atoms with Crippen molar-refractivity contribution in [3.05, 3.63) is 88.7 Å². The summed E-state index contributed by atoms with van der Waals surface area (Å²) >= 11 is 0. The molecule has 0 unspecified atom stereocenters. The smallest absolute Gasteiger partial charge is 0.269 e. The number of nitro groups is 1. The molecular formula is C20H12FN3O5S. The van der Waals surface area contributed by atoms with Crippen molar-refractivity contribution in [1.82, 2.24) is 10.1 Å². The fraction of sp³-hybridized carbons (Fsp3) is 0. The van der Waals surface area contributed by atoms with Crippen LogP contribution in [-0.4, -0.2) is 23.5 Å². The van der Waals surface area contributed by atoms with E-state index in [2.05, 4.69) is 10.1 Å². The largest absolute Gasteiger partial charge is 0.334 e. The van der Waals surface area contributed by atoms with Crippen LogP contribution in [0.1, 0.15) is 0 Å². The number of hydrogen-bond donors (Lipinski definition) is 0. The molecule has 0 N–H and O–H groups in total. The van der Waals surface area contributed by atoms with Crippen molar-refractivity contribution < 1.29 is 22.3 Å². The summed E-state index contributed by atoms with van der Waals surface area (Å²) in [5, 5.41) is 14.6. The van der Waals surface area contributed by atoms with Gasteiger partial charge in [0.15, 0.2) is 0 Å². The lowest BCUT2D eigenvalue weighted by molar-refractivity contribution is -0.384. The van der Waals surface area contributed by atoms with Crippen molar-refractivity contribution in [3.8, 4) is 22.8 Å². The number of halogens is 1. The van der Waals surface area contributed by atoms with Gasteiger partial charge in [0.25, 0.3) is 11.6 Å². The number of non-ortho nitro benzene ring substituents is 1. The monoisotopic (exact) mass is 425 g/mol. The summed E-state index contributed by atoms with van der Waals surface area (Å²) in [7, 11) is -4.05. The van der Waals surface area contributed by atoms with Gasteiger partial charge in [-0.3, -0.25) is 10.1 Å². The van der Waals surface area contributed by atoms with Crippen molar-refractivity contribution in [2.75, 3.05) is 0 Å². The number of rotatable bonds is 5. The minimum Gasteiger partial charge on any atom is -0.334 e. The Kier molecular flexibility index (Phi) is 4.84. The van der Waals surface area contributed by atoms with Crippen LogP contribution in [0.4, 0.5) is 10.1 Å². The van der Waals surface area contributed by atoms with Gasteiger partial charge in [0.05, 0.1) is 25.8 Å². The highest BCUT2D eigenvalue weighted by molar-refractivity contribution is 7.91. The fourth-order valence-electron chi connectivity index (χ4n) is 2.84. The second kappa shape index (κ2) is 7.48. The van der Waals surface area contributed by atoms with E-state index >= 15 is 0 Å². The molecule has 4 aromatic rings. The van der Waals surface area contributed by atoms with Crippen molar-refractivity contribution >= 4 is 15.5 Å². The Morgan fingerprint density at radius 1 is 0.900 bits per heavy atom. The van der Waals surface area contributed by atoms with Crippen LogP contribution in [-0.2, 0) is 9.84 Å². The van der Waals surface area contributed by atoms with Crippen LogP contribution in [0.2, 0.25) is 0 Å². The first-order valence-corrected chi connectivity index (χ1v) is 10.0.